The second kappa shape index (κ2) is 4.95. The molecule has 18 heavy (non-hydrogen) atoms. The molecule has 0 saturated carbocycles. The van der Waals surface area contributed by atoms with Gasteiger partial charge in [0.05, 0.1) is 17.7 Å². The lowest BCUT2D eigenvalue weighted by Gasteiger charge is -2.31. The average Bonchev–Trinajstić information content (AvgIpc) is 3.00. The van der Waals surface area contributed by atoms with Gasteiger partial charge in [-0.1, -0.05) is 0 Å². The number of carbonyl (C=O) groups excluding carboxylic acids is 1. The molecule has 1 amide bonds. The summed E-state index contributed by atoms with van der Waals surface area (Å²) in [5, 5.41) is 4.82. The number of nitrogens with one attached hydrogen (secondary N) is 1. The van der Waals surface area contributed by atoms with Crippen LogP contribution in [0.1, 0.15) is 23.3 Å². The maximum absolute atomic E-state index is 12.0. The van der Waals surface area contributed by atoms with Gasteiger partial charge in [-0.05, 0) is 19.9 Å². The van der Waals surface area contributed by atoms with Crippen LogP contribution < -0.4 is 5.32 Å². The number of likely N-dealkylation sites (N-methyl/N-ethyl adjacent to an activating group) is 1. The Balaban J connectivity index is 1.68. The molecule has 2 aliphatic rings. The maximum atomic E-state index is 12.0. The fourth-order valence-corrected chi connectivity index (χ4v) is 3.42. The number of fused-ring (bicyclic) bond motifs is 1. The monoisotopic (exact) mass is 267 g/mol. The molecule has 2 aliphatic heterocycles. The fraction of sp³-hybridized carbons (Fsp3) is 0.667. The number of nitrogens with zero attached hydrogens (tertiary/aromatic N) is 2. The smallest absolute Gasteiger partial charge is 0.271 e. The van der Waals surface area contributed by atoms with Gasteiger partial charge in [-0.15, -0.1) is 11.3 Å². The first-order valence-corrected chi connectivity index (χ1v) is 7.21. The number of likely N-dealkylation sites (tertiary alicyclic amines) is 1. The first-order valence-electron chi connectivity index (χ1n) is 6.26. The molecule has 6 heteroatoms. The maximum Gasteiger partial charge on any atom is 0.271 e. The number of carbonyl (C=O) groups is 1. The summed E-state index contributed by atoms with van der Waals surface area (Å²) in [6.45, 7) is 1.66. The number of thiazole rings is 1. The third-order valence-corrected chi connectivity index (χ3v) is 4.35. The van der Waals surface area contributed by atoms with E-state index in [0.29, 0.717) is 11.7 Å². The van der Waals surface area contributed by atoms with Crippen LogP contribution in [0.2, 0.25) is 0 Å². The van der Waals surface area contributed by atoms with E-state index < -0.39 is 0 Å². The molecule has 0 aromatic carbocycles. The van der Waals surface area contributed by atoms with Crippen molar-refractivity contribution in [2.75, 3.05) is 20.2 Å². The third-order valence-electron chi connectivity index (χ3n) is 3.76. The van der Waals surface area contributed by atoms with Crippen LogP contribution in [0.15, 0.2) is 10.9 Å². The van der Waals surface area contributed by atoms with Gasteiger partial charge in [-0.25, -0.2) is 4.98 Å². The zero-order valence-corrected chi connectivity index (χ0v) is 11.2. The third kappa shape index (κ3) is 2.15. The predicted molar refractivity (Wildman–Crippen MR) is 68.8 cm³/mol. The van der Waals surface area contributed by atoms with Gasteiger partial charge in [0.2, 0.25) is 0 Å². The van der Waals surface area contributed by atoms with Gasteiger partial charge < -0.3 is 10.1 Å². The standard InChI is InChI=1S/C12H17N3O2S/c1-15-5-8(11-10(15)3-2-4-17-11)14-12(16)9-6-18-7-13-9/h6-8,10-11H,2-5H2,1H3,(H,14,16)/t8-,10?,11?/m1/s1. The zero-order chi connectivity index (χ0) is 12.5. The van der Waals surface area contributed by atoms with Crippen LogP contribution >= 0.6 is 11.3 Å². The number of hydrogen-bond acceptors (Lipinski definition) is 5. The van der Waals surface area contributed by atoms with E-state index in [9.17, 15) is 4.79 Å². The van der Waals surface area contributed by atoms with Crippen molar-refractivity contribution in [2.45, 2.75) is 31.0 Å². The van der Waals surface area contributed by atoms with Gasteiger partial charge in [0.15, 0.2) is 0 Å². The molecule has 5 nitrogen and oxygen atoms in total. The minimum atomic E-state index is -0.0931. The quantitative estimate of drug-likeness (QED) is 0.858. The molecule has 3 rings (SSSR count). The van der Waals surface area contributed by atoms with Crippen LogP contribution in [0, 0.1) is 0 Å². The van der Waals surface area contributed by atoms with Crippen LogP contribution in [-0.2, 0) is 4.74 Å². The Hall–Kier alpha value is -0.980. The highest BCUT2D eigenvalue weighted by atomic mass is 32.1. The second-order valence-electron chi connectivity index (χ2n) is 4.94. The number of ether oxygens (including phenoxy) is 1. The summed E-state index contributed by atoms with van der Waals surface area (Å²) in [5.74, 6) is -0.0931. The summed E-state index contributed by atoms with van der Waals surface area (Å²) in [6.07, 6.45) is 2.40. The van der Waals surface area contributed by atoms with E-state index in [1.165, 1.54) is 11.3 Å². The largest absolute Gasteiger partial charge is 0.374 e. The fourth-order valence-electron chi connectivity index (χ4n) is 2.89. The van der Waals surface area contributed by atoms with E-state index in [4.69, 9.17) is 4.74 Å². The molecule has 0 bridgehead atoms. The Morgan fingerprint density at radius 3 is 3.33 bits per heavy atom. The van der Waals surface area contributed by atoms with Crippen molar-refractivity contribution >= 4 is 17.2 Å². The topological polar surface area (TPSA) is 54.5 Å². The minimum absolute atomic E-state index is 0.0782. The van der Waals surface area contributed by atoms with Gasteiger partial charge in [0.1, 0.15) is 5.69 Å². The van der Waals surface area contributed by atoms with Crippen molar-refractivity contribution in [3.8, 4) is 0 Å². The Labute approximate surface area is 110 Å². The van der Waals surface area contributed by atoms with Gasteiger partial charge in [0.25, 0.3) is 5.91 Å². The van der Waals surface area contributed by atoms with Gasteiger partial charge in [-0.2, -0.15) is 0 Å². The zero-order valence-electron chi connectivity index (χ0n) is 10.3. The van der Waals surface area contributed by atoms with Gasteiger partial charge >= 0.3 is 0 Å². The molecular formula is C12H17N3O2S. The predicted octanol–water partition coefficient (Wildman–Crippen LogP) is 0.734. The molecule has 3 heterocycles. The first kappa shape index (κ1) is 12.1. The van der Waals surface area contributed by atoms with E-state index >= 15 is 0 Å². The summed E-state index contributed by atoms with van der Waals surface area (Å²) in [4.78, 5) is 18.3. The van der Waals surface area contributed by atoms with Crippen LogP contribution in [0.25, 0.3) is 0 Å². The van der Waals surface area contributed by atoms with Crippen LogP contribution in [0.3, 0.4) is 0 Å². The van der Waals surface area contributed by atoms with E-state index in [1.54, 1.807) is 10.9 Å². The number of aromatic nitrogens is 1. The summed E-state index contributed by atoms with van der Waals surface area (Å²) in [7, 11) is 2.10. The van der Waals surface area contributed by atoms with Gasteiger partial charge in [0, 0.05) is 24.6 Å². The highest BCUT2D eigenvalue weighted by molar-refractivity contribution is 7.07. The van der Waals surface area contributed by atoms with Crippen molar-refractivity contribution in [3.05, 3.63) is 16.6 Å². The Kier molecular flexibility index (Phi) is 3.32. The average molecular weight is 267 g/mol. The SMILES string of the molecule is CN1C[C@@H](NC(=O)c2cscn2)C2OCCCC21. The molecule has 98 valence electrons. The molecule has 2 fully saturated rings. The Bertz CT molecular complexity index is 423. The molecular weight excluding hydrogens is 250 g/mol. The number of rotatable bonds is 2. The Morgan fingerprint density at radius 2 is 2.56 bits per heavy atom. The molecule has 1 aromatic heterocycles. The van der Waals surface area contributed by atoms with E-state index in [0.717, 1.165) is 26.0 Å². The molecule has 3 atom stereocenters. The molecule has 2 unspecified atom stereocenters. The van der Waals surface area contributed by atoms with E-state index in [1.807, 2.05) is 0 Å². The molecule has 1 N–H and O–H groups in total. The van der Waals surface area contributed by atoms with E-state index in [2.05, 4.69) is 22.2 Å². The van der Waals surface area contributed by atoms with Crippen molar-refractivity contribution in [2.24, 2.45) is 0 Å². The lowest BCUT2D eigenvalue weighted by molar-refractivity contribution is -0.0165. The van der Waals surface area contributed by atoms with E-state index in [-0.39, 0.29) is 18.1 Å². The minimum Gasteiger partial charge on any atom is -0.374 e. The molecule has 1 aromatic rings. The molecule has 0 radical (unpaired) electrons. The normalized spacial score (nSPS) is 32.2. The highest BCUT2D eigenvalue weighted by Crippen LogP contribution is 2.27. The number of hydrogen-bond donors (Lipinski definition) is 1. The van der Waals surface area contributed by atoms with Crippen molar-refractivity contribution in [1.82, 2.24) is 15.2 Å². The van der Waals surface area contributed by atoms with Crippen LogP contribution in [0.4, 0.5) is 0 Å². The lowest BCUT2D eigenvalue weighted by Crippen LogP contribution is -2.47. The number of amides is 1. The summed E-state index contributed by atoms with van der Waals surface area (Å²) in [5.41, 5.74) is 2.18. The van der Waals surface area contributed by atoms with Crippen molar-refractivity contribution < 1.29 is 9.53 Å². The van der Waals surface area contributed by atoms with Crippen molar-refractivity contribution in [1.29, 1.82) is 0 Å². The second-order valence-corrected chi connectivity index (χ2v) is 5.66. The molecule has 0 spiro atoms. The van der Waals surface area contributed by atoms with Gasteiger partial charge in [-0.3, -0.25) is 9.69 Å². The molecule has 0 aliphatic carbocycles. The first-order chi connectivity index (χ1) is 8.75. The van der Waals surface area contributed by atoms with Crippen molar-refractivity contribution in [3.63, 3.8) is 0 Å². The summed E-state index contributed by atoms with van der Waals surface area (Å²) >= 11 is 1.44. The summed E-state index contributed by atoms with van der Waals surface area (Å²) in [6, 6.07) is 0.522. The highest BCUT2D eigenvalue weighted by Gasteiger charge is 2.42. The Morgan fingerprint density at radius 1 is 1.67 bits per heavy atom. The molecule has 2 saturated heterocycles. The lowest BCUT2D eigenvalue weighted by atomic mass is 10.0. The summed E-state index contributed by atoms with van der Waals surface area (Å²) < 4.78 is 5.83. The van der Waals surface area contributed by atoms with Crippen LogP contribution in [-0.4, -0.2) is 54.2 Å². The van der Waals surface area contributed by atoms with Crippen LogP contribution in [0.5, 0.6) is 0 Å².